The lowest BCUT2D eigenvalue weighted by atomic mass is 10.4. The molecule has 1 aromatic heterocycles. The third-order valence-corrected chi connectivity index (χ3v) is 2.36. The van der Waals surface area contributed by atoms with Crippen LogP contribution < -0.4 is 5.32 Å². The number of hydrogen-bond acceptors (Lipinski definition) is 5. The van der Waals surface area contributed by atoms with Crippen molar-refractivity contribution in [2.75, 3.05) is 26.9 Å². The Kier molecular flexibility index (Phi) is 3.65. The zero-order chi connectivity index (χ0) is 10.5. The van der Waals surface area contributed by atoms with E-state index in [9.17, 15) is 0 Å². The van der Waals surface area contributed by atoms with Gasteiger partial charge in [0.1, 0.15) is 12.4 Å². The van der Waals surface area contributed by atoms with E-state index in [4.69, 9.17) is 9.47 Å². The number of hydrogen-bond donors (Lipinski definition) is 1. The first-order valence-electron chi connectivity index (χ1n) is 5.10. The zero-order valence-electron chi connectivity index (χ0n) is 8.90. The first-order chi connectivity index (χ1) is 7.42. The second-order valence-electron chi connectivity index (χ2n) is 3.41. The molecule has 6 heteroatoms. The highest BCUT2D eigenvalue weighted by atomic mass is 16.5. The van der Waals surface area contributed by atoms with Crippen LogP contribution in [0.15, 0.2) is 0 Å². The molecular formula is C9H16N4O2. The van der Waals surface area contributed by atoms with Crippen molar-refractivity contribution in [2.45, 2.75) is 19.7 Å². The molecule has 2 heterocycles. The molecule has 0 radical (unpaired) electrons. The van der Waals surface area contributed by atoms with Gasteiger partial charge in [0.15, 0.2) is 5.82 Å². The maximum Gasteiger partial charge on any atom is 0.159 e. The molecule has 0 saturated carbocycles. The van der Waals surface area contributed by atoms with Crippen LogP contribution in [-0.4, -0.2) is 41.6 Å². The van der Waals surface area contributed by atoms with Crippen molar-refractivity contribution in [3.63, 3.8) is 0 Å². The fourth-order valence-electron chi connectivity index (χ4n) is 1.56. The SMILES string of the molecule is COCCOCc1nnc2n1CCNC2. The van der Waals surface area contributed by atoms with Crippen LogP contribution in [0, 0.1) is 0 Å². The van der Waals surface area contributed by atoms with Crippen LogP contribution in [-0.2, 0) is 29.2 Å². The molecule has 0 aromatic carbocycles. The molecule has 1 aliphatic heterocycles. The summed E-state index contributed by atoms with van der Waals surface area (Å²) in [4.78, 5) is 0. The van der Waals surface area contributed by atoms with Crippen LogP contribution >= 0.6 is 0 Å². The maximum atomic E-state index is 5.42. The quantitative estimate of drug-likeness (QED) is 0.669. The van der Waals surface area contributed by atoms with Gasteiger partial charge in [-0.2, -0.15) is 0 Å². The molecule has 84 valence electrons. The summed E-state index contributed by atoms with van der Waals surface area (Å²) in [6, 6.07) is 0. The predicted molar refractivity (Wildman–Crippen MR) is 53.3 cm³/mol. The van der Waals surface area contributed by atoms with Crippen molar-refractivity contribution in [2.24, 2.45) is 0 Å². The number of fused-ring (bicyclic) bond motifs is 1. The van der Waals surface area contributed by atoms with E-state index in [1.165, 1.54) is 0 Å². The summed E-state index contributed by atoms with van der Waals surface area (Å²) in [5.41, 5.74) is 0. The third-order valence-electron chi connectivity index (χ3n) is 2.36. The fraction of sp³-hybridized carbons (Fsp3) is 0.778. The average Bonchev–Trinajstić information content (AvgIpc) is 2.68. The van der Waals surface area contributed by atoms with Gasteiger partial charge in [-0.25, -0.2) is 0 Å². The minimum atomic E-state index is 0.510. The molecular weight excluding hydrogens is 196 g/mol. The molecule has 2 rings (SSSR count). The van der Waals surface area contributed by atoms with Crippen molar-refractivity contribution < 1.29 is 9.47 Å². The third kappa shape index (κ3) is 2.53. The van der Waals surface area contributed by atoms with Gasteiger partial charge >= 0.3 is 0 Å². The number of rotatable bonds is 5. The molecule has 0 bridgehead atoms. The van der Waals surface area contributed by atoms with E-state index in [0.717, 1.165) is 31.3 Å². The molecule has 15 heavy (non-hydrogen) atoms. The highest BCUT2D eigenvalue weighted by Gasteiger charge is 2.14. The summed E-state index contributed by atoms with van der Waals surface area (Å²) >= 11 is 0. The second kappa shape index (κ2) is 5.20. The van der Waals surface area contributed by atoms with Crippen LogP contribution in [0.25, 0.3) is 0 Å². The Morgan fingerprint density at radius 3 is 3.20 bits per heavy atom. The lowest BCUT2D eigenvalue weighted by Gasteiger charge is -2.15. The molecule has 0 aliphatic carbocycles. The van der Waals surface area contributed by atoms with Crippen molar-refractivity contribution >= 4 is 0 Å². The van der Waals surface area contributed by atoms with Crippen molar-refractivity contribution in [3.05, 3.63) is 11.6 Å². The van der Waals surface area contributed by atoms with Gasteiger partial charge in [0.25, 0.3) is 0 Å². The van der Waals surface area contributed by atoms with Gasteiger partial charge in [0, 0.05) is 20.2 Å². The lowest BCUT2D eigenvalue weighted by molar-refractivity contribution is 0.0570. The molecule has 6 nitrogen and oxygen atoms in total. The Balaban J connectivity index is 1.88. The van der Waals surface area contributed by atoms with Gasteiger partial charge in [-0.05, 0) is 0 Å². The Bertz CT molecular complexity index is 313. The highest BCUT2D eigenvalue weighted by molar-refractivity contribution is 4.97. The molecule has 0 unspecified atom stereocenters. The maximum absolute atomic E-state index is 5.42. The monoisotopic (exact) mass is 212 g/mol. The first-order valence-corrected chi connectivity index (χ1v) is 5.10. The van der Waals surface area contributed by atoms with E-state index >= 15 is 0 Å². The number of nitrogens with zero attached hydrogens (tertiary/aromatic N) is 3. The predicted octanol–water partition coefficient (Wildman–Crippen LogP) is -0.456. The minimum Gasteiger partial charge on any atom is -0.382 e. The second-order valence-corrected chi connectivity index (χ2v) is 3.41. The molecule has 0 atom stereocenters. The molecule has 0 fully saturated rings. The summed E-state index contributed by atoms with van der Waals surface area (Å²) in [7, 11) is 1.66. The minimum absolute atomic E-state index is 0.510. The van der Waals surface area contributed by atoms with Crippen LogP contribution in [0.3, 0.4) is 0 Å². The highest BCUT2D eigenvalue weighted by Crippen LogP contribution is 2.06. The molecule has 0 spiro atoms. The number of nitrogens with one attached hydrogen (secondary N) is 1. The van der Waals surface area contributed by atoms with Gasteiger partial charge in [-0.3, -0.25) is 0 Å². The van der Waals surface area contributed by atoms with Crippen LogP contribution in [0.4, 0.5) is 0 Å². The summed E-state index contributed by atoms with van der Waals surface area (Å²) in [6.45, 7) is 4.41. The lowest BCUT2D eigenvalue weighted by Crippen LogP contribution is -2.29. The molecule has 1 N–H and O–H groups in total. The van der Waals surface area contributed by atoms with Gasteiger partial charge in [0.2, 0.25) is 0 Å². The van der Waals surface area contributed by atoms with Crippen LogP contribution in [0.2, 0.25) is 0 Å². The fourth-order valence-corrected chi connectivity index (χ4v) is 1.56. The Morgan fingerprint density at radius 1 is 1.40 bits per heavy atom. The van der Waals surface area contributed by atoms with E-state index in [-0.39, 0.29) is 0 Å². The van der Waals surface area contributed by atoms with Gasteiger partial charge in [-0.1, -0.05) is 0 Å². The van der Waals surface area contributed by atoms with Gasteiger partial charge in [-0.15, -0.1) is 10.2 Å². The van der Waals surface area contributed by atoms with E-state index in [1.54, 1.807) is 7.11 Å². The van der Waals surface area contributed by atoms with Gasteiger partial charge < -0.3 is 19.4 Å². The summed E-state index contributed by atoms with van der Waals surface area (Å²) in [6.07, 6.45) is 0. The largest absolute Gasteiger partial charge is 0.382 e. The standard InChI is InChI=1S/C9H16N4O2/c1-14-4-5-15-7-9-12-11-8-6-10-2-3-13(8)9/h10H,2-7H2,1H3. The molecule has 1 aliphatic rings. The summed E-state index contributed by atoms with van der Waals surface area (Å²) in [5, 5.41) is 11.4. The zero-order valence-corrected chi connectivity index (χ0v) is 8.90. The van der Waals surface area contributed by atoms with Crippen LogP contribution in [0.1, 0.15) is 11.6 Å². The Labute approximate surface area is 88.6 Å². The van der Waals surface area contributed by atoms with Crippen molar-refractivity contribution in [3.8, 4) is 0 Å². The van der Waals surface area contributed by atoms with E-state index in [2.05, 4.69) is 20.1 Å². The Morgan fingerprint density at radius 2 is 2.33 bits per heavy atom. The molecule has 0 amide bonds. The summed E-state index contributed by atoms with van der Waals surface area (Å²) < 4.78 is 12.4. The Hall–Kier alpha value is -0.980. The smallest absolute Gasteiger partial charge is 0.159 e. The topological polar surface area (TPSA) is 61.2 Å². The number of ether oxygens (including phenoxy) is 2. The average molecular weight is 212 g/mol. The van der Waals surface area contributed by atoms with Crippen molar-refractivity contribution in [1.82, 2.24) is 20.1 Å². The van der Waals surface area contributed by atoms with E-state index in [1.807, 2.05) is 0 Å². The number of aromatic nitrogens is 3. The van der Waals surface area contributed by atoms with E-state index < -0.39 is 0 Å². The van der Waals surface area contributed by atoms with Gasteiger partial charge in [0.05, 0.1) is 19.8 Å². The molecule has 0 saturated heterocycles. The van der Waals surface area contributed by atoms with Crippen LogP contribution in [0.5, 0.6) is 0 Å². The van der Waals surface area contributed by atoms with Crippen molar-refractivity contribution in [1.29, 1.82) is 0 Å². The molecule has 1 aromatic rings. The normalized spacial score (nSPS) is 15.3. The van der Waals surface area contributed by atoms with E-state index in [0.29, 0.717) is 19.8 Å². The number of methoxy groups -OCH3 is 1. The first kappa shape index (κ1) is 10.5. The summed E-state index contributed by atoms with van der Waals surface area (Å²) in [5.74, 6) is 1.90.